The summed E-state index contributed by atoms with van der Waals surface area (Å²) in [6.07, 6.45) is 3.93. The van der Waals surface area contributed by atoms with Gasteiger partial charge in [-0.1, -0.05) is 23.7 Å². The van der Waals surface area contributed by atoms with Gasteiger partial charge in [-0.2, -0.15) is 0 Å². The summed E-state index contributed by atoms with van der Waals surface area (Å²) < 4.78 is 0. The Hall–Kier alpha value is -3.58. The molecule has 0 aliphatic rings. The van der Waals surface area contributed by atoms with Gasteiger partial charge in [-0.3, -0.25) is 0 Å². The summed E-state index contributed by atoms with van der Waals surface area (Å²) in [5.41, 5.74) is 9.03. The molecule has 3 heterocycles. The first-order valence-electron chi connectivity index (χ1n) is 8.97. The Morgan fingerprint density at radius 1 is 0.931 bits per heavy atom. The lowest BCUT2D eigenvalue weighted by Crippen LogP contribution is -2.03. The monoisotopic (exact) mass is 403 g/mol. The molecule has 0 fully saturated rings. The maximum Gasteiger partial charge on any atom is 0.180 e. The number of benzene rings is 1. The number of aromatic nitrogens is 5. The van der Waals surface area contributed by atoms with Crippen molar-refractivity contribution in [2.75, 3.05) is 11.1 Å². The van der Waals surface area contributed by atoms with Crippen molar-refractivity contribution < 1.29 is 0 Å². The zero-order valence-electron chi connectivity index (χ0n) is 15.7. The Kier molecular flexibility index (Phi) is 5.31. The molecule has 0 amide bonds. The lowest BCUT2D eigenvalue weighted by atomic mass is 10.1. The van der Waals surface area contributed by atoms with Gasteiger partial charge in [-0.15, -0.1) is 0 Å². The Morgan fingerprint density at radius 2 is 1.72 bits per heavy atom. The molecular formula is C21H18ClN7. The second-order valence-corrected chi connectivity index (χ2v) is 6.85. The molecule has 4 aromatic rings. The van der Waals surface area contributed by atoms with Crippen molar-refractivity contribution in [3.8, 4) is 11.5 Å². The van der Waals surface area contributed by atoms with Crippen LogP contribution in [0.25, 0.3) is 11.5 Å². The second-order valence-electron chi connectivity index (χ2n) is 6.45. The van der Waals surface area contributed by atoms with Gasteiger partial charge in [0, 0.05) is 24.5 Å². The van der Waals surface area contributed by atoms with E-state index < -0.39 is 0 Å². The number of nitrogens with zero attached hydrogens (tertiary/aromatic N) is 5. The number of hydrogen-bond donors (Lipinski definition) is 2. The van der Waals surface area contributed by atoms with E-state index in [0.29, 0.717) is 40.4 Å². The molecule has 0 unspecified atom stereocenters. The molecule has 0 saturated heterocycles. The van der Waals surface area contributed by atoms with Gasteiger partial charge in [0.2, 0.25) is 0 Å². The quantitative estimate of drug-likeness (QED) is 0.481. The third-order valence-electron chi connectivity index (χ3n) is 4.16. The van der Waals surface area contributed by atoms with E-state index in [1.165, 1.54) is 0 Å². The minimum absolute atomic E-state index is 0.535. The Balaban J connectivity index is 1.53. The standard InChI is InChI=1S/C21H18ClN7/c1-13-3-2-4-17(26-13)21-25-10-8-19(29-21)27-18-7-9-24-20(28-18)12-14-5-6-15(22)16(23)11-14/h2-11H,12,23H2,1H3,(H,24,25,27,28,29). The number of hydrogen-bond acceptors (Lipinski definition) is 7. The maximum atomic E-state index is 5.98. The Bertz CT molecular complexity index is 1160. The predicted molar refractivity (Wildman–Crippen MR) is 114 cm³/mol. The molecule has 1 aromatic carbocycles. The summed E-state index contributed by atoms with van der Waals surface area (Å²) in [4.78, 5) is 22.2. The number of rotatable bonds is 5. The lowest BCUT2D eigenvalue weighted by Gasteiger charge is -2.08. The SMILES string of the molecule is Cc1cccc(-c2nccc(Nc3ccnc(Cc4ccc(Cl)c(N)c4)n3)n2)n1. The van der Waals surface area contributed by atoms with Crippen molar-refractivity contribution >= 4 is 28.9 Å². The van der Waals surface area contributed by atoms with E-state index in [1.54, 1.807) is 30.6 Å². The summed E-state index contributed by atoms with van der Waals surface area (Å²) in [7, 11) is 0. The normalized spacial score (nSPS) is 10.7. The van der Waals surface area contributed by atoms with Gasteiger partial charge >= 0.3 is 0 Å². The molecule has 0 bridgehead atoms. The molecule has 29 heavy (non-hydrogen) atoms. The number of nitrogen functional groups attached to an aromatic ring is 1. The van der Waals surface area contributed by atoms with Crippen molar-refractivity contribution in [1.82, 2.24) is 24.9 Å². The summed E-state index contributed by atoms with van der Waals surface area (Å²) in [6, 6.07) is 14.8. The van der Waals surface area contributed by atoms with Gasteiger partial charge in [0.1, 0.15) is 23.2 Å². The van der Waals surface area contributed by atoms with Gasteiger partial charge < -0.3 is 11.1 Å². The molecule has 7 nitrogen and oxygen atoms in total. The lowest BCUT2D eigenvalue weighted by molar-refractivity contribution is 0.970. The number of aryl methyl sites for hydroxylation is 1. The zero-order valence-corrected chi connectivity index (χ0v) is 16.4. The summed E-state index contributed by atoms with van der Waals surface area (Å²) in [5, 5.41) is 3.73. The van der Waals surface area contributed by atoms with E-state index >= 15 is 0 Å². The Morgan fingerprint density at radius 3 is 2.52 bits per heavy atom. The van der Waals surface area contributed by atoms with Crippen molar-refractivity contribution in [3.05, 3.63) is 83.0 Å². The average Bonchev–Trinajstić information content (AvgIpc) is 2.71. The molecule has 0 atom stereocenters. The van der Waals surface area contributed by atoms with Crippen LogP contribution in [0.4, 0.5) is 17.3 Å². The summed E-state index contributed by atoms with van der Waals surface area (Å²) in [5.74, 6) is 2.47. The zero-order chi connectivity index (χ0) is 20.2. The molecule has 8 heteroatoms. The van der Waals surface area contributed by atoms with Crippen molar-refractivity contribution in [2.24, 2.45) is 0 Å². The number of nitrogens with two attached hydrogens (primary N) is 1. The van der Waals surface area contributed by atoms with E-state index in [2.05, 4.69) is 30.2 Å². The molecule has 0 aliphatic heterocycles. The van der Waals surface area contributed by atoms with E-state index in [4.69, 9.17) is 17.3 Å². The first kappa shape index (κ1) is 18.8. The van der Waals surface area contributed by atoms with Crippen molar-refractivity contribution in [3.63, 3.8) is 0 Å². The molecule has 3 aromatic heterocycles. The fourth-order valence-electron chi connectivity index (χ4n) is 2.79. The largest absolute Gasteiger partial charge is 0.398 e. The topological polar surface area (TPSA) is 102 Å². The minimum Gasteiger partial charge on any atom is -0.398 e. The third kappa shape index (κ3) is 4.64. The van der Waals surface area contributed by atoms with Crippen LogP contribution >= 0.6 is 11.6 Å². The molecule has 144 valence electrons. The molecule has 3 N–H and O–H groups in total. The number of anilines is 3. The number of pyridine rings is 1. The van der Waals surface area contributed by atoms with Gasteiger partial charge in [0.05, 0.1) is 10.7 Å². The third-order valence-corrected chi connectivity index (χ3v) is 4.50. The first-order chi connectivity index (χ1) is 14.1. The highest BCUT2D eigenvalue weighted by Gasteiger charge is 2.07. The minimum atomic E-state index is 0.535. The summed E-state index contributed by atoms with van der Waals surface area (Å²) in [6.45, 7) is 1.93. The molecule has 4 rings (SSSR count). The van der Waals surface area contributed by atoms with Crippen LogP contribution in [0.15, 0.2) is 60.9 Å². The highest BCUT2D eigenvalue weighted by Crippen LogP contribution is 2.21. The molecule has 0 saturated carbocycles. The van der Waals surface area contributed by atoms with E-state index in [1.807, 2.05) is 37.3 Å². The predicted octanol–water partition coefficient (Wildman–Crippen LogP) is 4.21. The van der Waals surface area contributed by atoms with E-state index in [-0.39, 0.29) is 0 Å². The maximum absolute atomic E-state index is 5.98. The van der Waals surface area contributed by atoms with Gasteiger partial charge in [0.15, 0.2) is 5.82 Å². The summed E-state index contributed by atoms with van der Waals surface area (Å²) >= 11 is 5.98. The molecule has 0 aliphatic carbocycles. The highest BCUT2D eigenvalue weighted by molar-refractivity contribution is 6.33. The van der Waals surface area contributed by atoms with Crippen LogP contribution in [0.3, 0.4) is 0 Å². The average molecular weight is 404 g/mol. The van der Waals surface area contributed by atoms with Gasteiger partial charge in [-0.05, 0) is 48.9 Å². The van der Waals surface area contributed by atoms with E-state index in [0.717, 1.165) is 17.0 Å². The smallest absolute Gasteiger partial charge is 0.180 e. The molecule has 0 spiro atoms. The van der Waals surface area contributed by atoms with Crippen molar-refractivity contribution in [1.29, 1.82) is 0 Å². The Labute approximate surface area is 173 Å². The highest BCUT2D eigenvalue weighted by atomic mass is 35.5. The van der Waals surface area contributed by atoms with E-state index in [9.17, 15) is 0 Å². The fraction of sp³-hybridized carbons (Fsp3) is 0.0952. The van der Waals surface area contributed by atoms with Crippen LogP contribution in [0.5, 0.6) is 0 Å². The van der Waals surface area contributed by atoms with Crippen LogP contribution < -0.4 is 11.1 Å². The van der Waals surface area contributed by atoms with Crippen LogP contribution in [0, 0.1) is 6.92 Å². The van der Waals surface area contributed by atoms with Gasteiger partial charge in [0.25, 0.3) is 0 Å². The fourth-order valence-corrected chi connectivity index (χ4v) is 2.91. The van der Waals surface area contributed by atoms with Crippen LogP contribution in [-0.2, 0) is 6.42 Å². The van der Waals surface area contributed by atoms with Crippen LogP contribution in [-0.4, -0.2) is 24.9 Å². The van der Waals surface area contributed by atoms with Crippen LogP contribution in [0.1, 0.15) is 17.1 Å². The van der Waals surface area contributed by atoms with Crippen LogP contribution in [0.2, 0.25) is 5.02 Å². The van der Waals surface area contributed by atoms with Crippen molar-refractivity contribution in [2.45, 2.75) is 13.3 Å². The molecule has 0 radical (unpaired) electrons. The number of halogens is 1. The second kappa shape index (κ2) is 8.20. The van der Waals surface area contributed by atoms with Gasteiger partial charge in [-0.25, -0.2) is 24.9 Å². The first-order valence-corrected chi connectivity index (χ1v) is 9.34. The number of nitrogens with one attached hydrogen (secondary N) is 1. The molecular weight excluding hydrogens is 386 g/mol.